The van der Waals surface area contributed by atoms with Gasteiger partial charge in [-0.2, -0.15) is 0 Å². The molecule has 0 aromatic heterocycles. The van der Waals surface area contributed by atoms with E-state index in [-0.39, 0.29) is 17.6 Å². The van der Waals surface area contributed by atoms with Crippen molar-refractivity contribution in [2.24, 2.45) is 0 Å². The Labute approximate surface area is 151 Å². The van der Waals surface area contributed by atoms with E-state index in [0.717, 1.165) is 24.0 Å². The van der Waals surface area contributed by atoms with Gasteiger partial charge in [0.1, 0.15) is 5.75 Å². The Hall–Kier alpha value is -2.29. The van der Waals surface area contributed by atoms with Crippen LogP contribution >= 0.6 is 0 Å². The van der Waals surface area contributed by atoms with Gasteiger partial charge in [0.25, 0.3) is 0 Å². The highest BCUT2D eigenvalue weighted by atomic mass is 16.3. The molecular formula is C22H29NO2. The molecule has 3 nitrogen and oxygen atoms in total. The van der Waals surface area contributed by atoms with Crippen molar-refractivity contribution in [1.29, 1.82) is 0 Å². The highest BCUT2D eigenvalue weighted by molar-refractivity contribution is 5.76. The molecule has 0 spiro atoms. The number of rotatable bonds is 10. The van der Waals surface area contributed by atoms with E-state index in [1.54, 1.807) is 12.1 Å². The average molecular weight is 339 g/mol. The quantitative estimate of drug-likeness (QED) is 0.588. The normalized spacial score (nSPS) is 11.9. The Morgan fingerprint density at radius 2 is 1.72 bits per heavy atom. The third-order valence-electron chi connectivity index (χ3n) is 4.53. The summed E-state index contributed by atoms with van der Waals surface area (Å²) in [6.07, 6.45) is 6.28. The highest BCUT2D eigenvalue weighted by Gasteiger charge is 2.16. The number of carbonyl (C=O) groups is 1. The molecule has 2 rings (SSSR count). The van der Waals surface area contributed by atoms with Gasteiger partial charge in [0.05, 0.1) is 0 Å². The number of amides is 1. The molecule has 134 valence electrons. The van der Waals surface area contributed by atoms with Crippen molar-refractivity contribution in [1.82, 2.24) is 5.32 Å². The van der Waals surface area contributed by atoms with Crippen molar-refractivity contribution in [3.05, 3.63) is 65.7 Å². The van der Waals surface area contributed by atoms with Crippen molar-refractivity contribution < 1.29 is 9.90 Å². The standard InChI is InChI=1S/C22H29NO2/c1-2-3-4-8-11-20(19-12-14-21(24)15-13-19)16-22(25)23-17-18-9-6-5-7-10-18/h5-7,9-10,12-15,20,24H,2-4,8,11,16-17H2,1H3,(H,23,25). The number of phenols is 1. The summed E-state index contributed by atoms with van der Waals surface area (Å²) in [5.41, 5.74) is 2.24. The monoisotopic (exact) mass is 339 g/mol. The molecule has 2 aromatic rings. The molecule has 1 atom stereocenters. The first-order chi connectivity index (χ1) is 12.2. The minimum Gasteiger partial charge on any atom is -0.508 e. The van der Waals surface area contributed by atoms with E-state index in [2.05, 4.69) is 12.2 Å². The van der Waals surface area contributed by atoms with Crippen molar-refractivity contribution in [3.63, 3.8) is 0 Å². The fraction of sp³-hybridized carbons (Fsp3) is 0.409. The Morgan fingerprint density at radius 3 is 2.40 bits per heavy atom. The smallest absolute Gasteiger partial charge is 0.220 e. The van der Waals surface area contributed by atoms with Gasteiger partial charge in [-0.1, -0.05) is 75.1 Å². The molecule has 3 heteroatoms. The number of phenolic OH excluding ortho intramolecular Hbond substituents is 1. The summed E-state index contributed by atoms with van der Waals surface area (Å²) in [6.45, 7) is 2.77. The molecule has 0 aliphatic heterocycles. The Balaban J connectivity index is 1.91. The zero-order valence-corrected chi connectivity index (χ0v) is 15.1. The average Bonchev–Trinajstić information content (AvgIpc) is 2.64. The first-order valence-electron chi connectivity index (χ1n) is 9.28. The number of unbranched alkanes of at least 4 members (excludes halogenated alkanes) is 3. The van der Waals surface area contributed by atoms with E-state index < -0.39 is 0 Å². The molecule has 1 unspecified atom stereocenters. The largest absolute Gasteiger partial charge is 0.508 e. The maximum atomic E-state index is 12.4. The third-order valence-corrected chi connectivity index (χ3v) is 4.53. The van der Waals surface area contributed by atoms with Crippen LogP contribution in [0.4, 0.5) is 0 Å². The fourth-order valence-electron chi connectivity index (χ4n) is 3.04. The summed E-state index contributed by atoms with van der Waals surface area (Å²) in [5.74, 6) is 0.549. The summed E-state index contributed by atoms with van der Waals surface area (Å²) in [6, 6.07) is 17.2. The lowest BCUT2D eigenvalue weighted by Gasteiger charge is -2.17. The van der Waals surface area contributed by atoms with Gasteiger partial charge in [0.2, 0.25) is 5.91 Å². The number of aromatic hydroxyl groups is 1. The second-order valence-corrected chi connectivity index (χ2v) is 6.60. The van der Waals surface area contributed by atoms with E-state index in [1.807, 2.05) is 42.5 Å². The van der Waals surface area contributed by atoms with Crippen LogP contribution in [0.15, 0.2) is 54.6 Å². The number of hydrogen-bond acceptors (Lipinski definition) is 2. The molecule has 0 bridgehead atoms. The molecule has 0 radical (unpaired) electrons. The molecule has 0 heterocycles. The van der Waals surface area contributed by atoms with Crippen LogP contribution in [-0.2, 0) is 11.3 Å². The minimum absolute atomic E-state index is 0.0809. The maximum absolute atomic E-state index is 12.4. The number of carbonyl (C=O) groups excluding carboxylic acids is 1. The SMILES string of the molecule is CCCCCCC(CC(=O)NCc1ccccc1)c1ccc(O)cc1. The number of hydrogen-bond donors (Lipinski definition) is 2. The van der Waals surface area contributed by atoms with Gasteiger partial charge in [-0.05, 0) is 35.6 Å². The van der Waals surface area contributed by atoms with Crippen molar-refractivity contribution in [2.45, 2.75) is 57.9 Å². The predicted octanol–water partition coefficient (Wildman–Crippen LogP) is 5.15. The second kappa shape index (κ2) is 10.5. The Kier molecular flexibility index (Phi) is 8.03. The molecule has 0 aliphatic carbocycles. The number of nitrogens with one attached hydrogen (secondary N) is 1. The zero-order chi connectivity index (χ0) is 17.9. The van der Waals surface area contributed by atoms with Crippen LogP contribution in [0.5, 0.6) is 5.75 Å². The molecule has 1 amide bonds. The van der Waals surface area contributed by atoms with Gasteiger partial charge >= 0.3 is 0 Å². The summed E-state index contributed by atoms with van der Waals surface area (Å²) in [4.78, 5) is 12.4. The van der Waals surface area contributed by atoms with Gasteiger partial charge in [-0.15, -0.1) is 0 Å². The third kappa shape index (κ3) is 7.00. The van der Waals surface area contributed by atoms with Crippen LogP contribution in [0.3, 0.4) is 0 Å². The van der Waals surface area contributed by atoms with Crippen molar-refractivity contribution in [2.75, 3.05) is 0 Å². The van der Waals surface area contributed by atoms with Gasteiger partial charge in [0.15, 0.2) is 0 Å². The van der Waals surface area contributed by atoms with Gasteiger partial charge in [0, 0.05) is 13.0 Å². The molecule has 0 saturated carbocycles. The second-order valence-electron chi connectivity index (χ2n) is 6.60. The van der Waals surface area contributed by atoms with Crippen LogP contribution in [-0.4, -0.2) is 11.0 Å². The highest BCUT2D eigenvalue weighted by Crippen LogP contribution is 2.27. The Bertz CT molecular complexity index is 622. The van der Waals surface area contributed by atoms with Gasteiger partial charge in [-0.3, -0.25) is 4.79 Å². The molecule has 2 aromatic carbocycles. The van der Waals surface area contributed by atoms with E-state index in [9.17, 15) is 9.90 Å². The predicted molar refractivity (Wildman–Crippen MR) is 103 cm³/mol. The molecule has 2 N–H and O–H groups in total. The molecule has 0 saturated heterocycles. The van der Waals surface area contributed by atoms with Crippen LogP contribution in [0.1, 0.15) is 62.5 Å². The summed E-state index contributed by atoms with van der Waals surface area (Å²) in [7, 11) is 0. The van der Waals surface area contributed by atoms with E-state index >= 15 is 0 Å². The van der Waals surface area contributed by atoms with Crippen molar-refractivity contribution >= 4 is 5.91 Å². The topological polar surface area (TPSA) is 49.3 Å². The van der Waals surface area contributed by atoms with Crippen LogP contribution in [0, 0.1) is 0 Å². The molecular weight excluding hydrogens is 310 g/mol. The first-order valence-corrected chi connectivity index (χ1v) is 9.28. The van der Waals surface area contributed by atoms with Gasteiger partial charge < -0.3 is 10.4 Å². The molecule has 0 aliphatic rings. The van der Waals surface area contributed by atoms with E-state index in [1.165, 1.54) is 19.3 Å². The fourth-order valence-corrected chi connectivity index (χ4v) is 3.04. The Morgan fingerprint density at radius 1 is 1.00 bits per heavy atom. The summed E-state index contributed by atoms with van der Waals surface area (Å²) in [5, 5.41) is 12.5. The molecule has 0 fully saturated rings. The lowest BCUT2D eigenvalue weighted by molar-refractivity contribution is -0.121. The van der Waals surface area contributed by atoms with E-state index in [0.29, 0.717) is 13.0 Å². The van der Waals surface area contributed by atoms with Crippen molar-refractivity contribution in [3.8, 4) is 5.75 Å². The maximum Gasteiger partial charge on any atom is 0.220 e. The summed E-state index contributed by atoms with van der Waals surface area (Å²) < 4.78 is 0. The number of benzene rings is 2. The summed E-state index contributed by atoms with van der Waals surface area (Å²) >= 11 is 0. The van der Waals surface area contributed by atoms with E-state index in [4.69, 9.17) is 0 Å². The molecule has 25 heavy (non-hydrogen) atoms. The van der Waals surface area contributed by atoms with Crippen LogP contribution < -0.4 is 5.32 Å². The van der Waals surface area contributed by atoms with Crippen LogP contribution in [0.25, 0.3) is 0 Å². The lowest BCUT2D eigenvalue weighted by Crippen LogP contribution is -2.24. The first kappa shape index (κ1) is 19.0. The van der Waals surface area contributed by atoms with Gasteiger partial charge in [-0.25, -0.2) is 0 Å². The van der Waals surface area contributed by atoms with Crippen LogP contribution in [0.2, 0.25) is 0 Å². The zero-order valence-electron chi connectivity index (χ0n) is 15.1. The lowest BCUT2D eigenvalue weighted by atomic mass is 9.90. The minimum atomic E-state index is 0.0809.